The Morgan fingerprint density at radius 2 is 1.56 bits per heavy atom. The van der Waals surface area contributed by atoms with Gasteiger partial charge in [0.15, 0.2) is 0 Å². The minimum atomic E-state index is -1.48. The fourth-order valence-electron chi connectivity index (χ4n) is 4.35. The van der Waals surface area contributed by atoms with Crippen molar-refractivity contribution in [1.82, 2.24) is 20.9 Å². The van der Waals surface area contributed by atoms with E-state index in [9.17, 15) is 29.4 Å². The minimum Gasteiger partial charge on any atom is -0.480 e. The normalized spacial score (nSPS) is 14.8. The van der Waals surface area contributed by atoms with E-state index in [0.717, 1.165) is 16.5 Å². The first kappa shape index (κ1) is 31.7. The Labute approximate surface area is 242 Å². The summed E-state index contributed by atoms with van der Waals surface area (Å²) in [5.41, 5.74) is 8.33. The first-order valence-corrected chi connectivity index (χ1v) is 14.7. The number of hydrogen-bond acceptors (Lipinski definition) is 7. The van der Waals surface area contributed by atoms with Gasteiger partial charge in [-0.15, -0.1) is 0 Å². The Balaban J connectivity index is 1.79. The molecule has 3 aromatic rings. The number of carboxylic acids is 1. The lowest BCUT2D eigenvalue weighted by molar-refractivity contribution is -0.143. The molecule has 0 saturated heterocycles. The van der Waals surface area contributed by atoms with Crippen molar-refractivity contribution in [3.8, 4) is 0 Å². The van der Waals surface area contributed by atoms with E-state index < -0.39 is 54.0 Å². The molecule has 1 heterocycles. The fraction of sp³-hybridized carbons (Fsp3) is 0.379. The molecule has 12 heteroatoms. The second-order valence-corrected chi connectivity index (χ2v) is 10.8. The number of para-hydroxylation sites is 1. The number of aromatic nitrogens is 1. The summed E-state index contributed by atoms with van der Waals surface area (Å²) in [4.78, 5) is 54.5. The molecule has 11 nitrogen and oxygen atoms in total. The van der Waals surface area contributed by atoms with Crippen LogP contribution < -0.4 is 21.7 Å². The molecule has 3 rings (SSSR count). The Morgan fingerprint density at radius 1 is 0.902 bits per heavy atom. The van der Waals surface area contributed by atoms with Gasteiger partial charge in [-0.1, -0.05) is 48.5 Å². The predicted octanol–water partition coefficient (Wildman–Crippen LogP) is 0.953. The minimum absolute atomic E-state index is 0.00949. The number of aliphatic carboxylic acids is 1. The van der Waals surface area contributed by atoms with E-state index in [1.54, 1.807) is 48.3 Å². The van der Waals surface area contributed by atoms with Crippen LogP contribution in [0.3, 0.4) is 0 Å². The molecular weight excluding hydrogens is 546 g/mol. The topological polar surface area (TPSA) is 187 Å². The zero-order chi connectivity index (χ0) is 29.9. The molecule has 1 aromatic heterocycles. The Kier molecular flexibility index (Phi) is 11.7. The van der Waals surface area contributed by atoms with Gasteiger partial charge in [-0.05, 0) is 42.5 Å². The van der Waals surface area contributed by atoms with Gasteiger partial charge >= 0.3 is 5.97 Å². The highest BCUT2D eigenvalue weighted by Gasteiger charge is 2.33. The van der Waals surface area contributed by atoms with E-state index in [2.05, 4.69) is 20.9 Å². The van der Waals surface area contributed by atoms with E-state index in [4.69, 9.17) is 5.73 Å². The number of amides is 3. The zero-order valence-corrected chi connectivity index (χ0v) is 23.8. The third-order valence-electron chi connectivity index (χ3n) is 6.66. The molecule has 0 aliphatic rings. The standard InChI is InChI=1S/C29H37N5O6S/c1-17(35)25(28(38)33-24(29(39)40)14-18-8-4-3-5-9-18)34-27(37)23(32-26(36)21(30)12-13-41-2)15-19-16-31-22-11-7-6-10-20(19)22/h3-11,16-17,21,23-25,31,35H,12-15,30H2,1-2H3,(H,32,36)(H,33,38)(H,34,37)(H,39,40). The molecule has 0 radical (unpaired) electrons. The van der Waals surface area contributed by atoms with Crippen LogP contribution in [0.1, 0.15) is 24.5 Å². The number of nitrogens with one attached hydrogen (secondary N) is 4. The van der Waals surface area contributed by atoms with Crippen molar-refractivity contribution in [3.63, 3.8) is 0 Å². The van der Waals surface area contributed by atoms with Gasteiger partial charge in [-0.3, -0.25) is 14.4 Å². The lowest BCUT2D eigenvalue weighted by atomic mass is 10.0. The van der Waals surface area contributed by atoms with Gasteiger partial charge in [0.2, 0.25) is 17.7 Å². The van der Waals surface area contributed by atoms with E-state index >= 15 is 0 Å². The second kappa shape index (κ2) is 15.2. The number of rotatable bonds is 15. The van der Waals surface area contributed by atoms with Gasteiger partial charge in [0.1, 0.15) is 18.1 Å². The monoisotopic (exact) mass is 583 g/mol. The zero-order valence-electron chi connectivity index (χ0n) is 23.0. The van der Waals surface area contributed by atoms with Crippen LogP contribution in [0.15, 0.2) is 60.8 Å². The first-order valence-electron chi connectivity index (χ1n) is 13.3. The molecule has 2 aromatic carbocycles. The van der Waals surface area contributed by atoms with Gasteiger partial charge in [-0.25, -0.2) is 4.79 Å². The third kappa shape index (κ3) is 9.07. The summed E-state index contributed by atoms with van der Waals surface area (Å²) in [6, 6.07) is 11.5. The Morgan fingerprint density at radius 3 is 2.22 bits per heavy atom. The van der Waals surface area contributed by atoms with Crippen molar-refractivity contribution in [2.75, 3.05) is 12.0 Å². The molecule has 3 amide bonds. The number of aliphatic hydroxyl groups is 1. The van der Waals surface area contributed by atoms with Gasteiger partial charge in [0.25, 0.3) is 0 Å². The van der Waals surface area contributed by atoms with Crippen molar-refractivity contribution < 1.29 is 29.4 Å². The fourth-order valence-corrected chi connectivity index (χ4v) is 4.84. The van der Waals surface area contributed by atoms with E-state index in [-0.39, 0.29) is 12.8 Å². The molecule has 8 N–H and O–H groups in total. The smallest absolute Gasteiger partial charge is 0.326 e. The molecule has 0 bridgehead atoms. The number of fused-ring (bicyclic) bond motifs is 1. The van der Waals surface area contributed by atoms with Crippen LogP contribution in [-0.4, -0.2) is 81.2 Å². The average molecular weight is 584 g/mol. The molecule has 220 valence electrons. The molecule has 0 aliphatic heterocycles. The van der Waals surface area contributed by atoms with E-state index in [1.807, 2.05) is 30.5 Å². The SMILES string of the molecule is CSCCC(N)C(=O)NC(Cc1c[nH]c2ccccc12)C(=O)NC(C(=O)NC(Cc1ccccc1)C(=O)O)C(C)O. The van der Waals surface area contributed by atoms with Crippen LogP contribution in [-0.2, 0) is 32.0 Å². The van der Waals surface area contributed by atoms with Crippen molar-refractivity contribution in [3.05, 3.63) is 71.9 Å². The highest BCUT2D eigenvalue weighted by molar-refractivity contribution is 7.98. The van der Waals surface area contributed by atoms with Crippen LogP contribution in [0.5, 0.6) is 0 Å². The number of H-pyrrole nitrogens is 1. The summed E-state index contributed by atoms with van der Waals surface area (Å²) in [5, 5.41) is 28.6. The van der Waals surface area contributed by atoms with E-state index in [1.165, 1.54) is 6.92 Å². The number of thioether (sulfide) groups is 1. The van der Waals surface area contributed by atoms with Gasteiger partial charge in [0.05, 0.1) is 12.1 Å². The number of aromatic amines is 1. The molecule has 5 atom stereocenters. The number of carboxylic acid groups (broad SMARTS) is 1. The highest BCUT2D eigenvalue weighted by Crippen LogP contribution is 2.19. The quantitative estimate of drug-likeness (QED) is 0.138. The summed E-state index contributed by atoms with van der Waals surface area (Å²) in [6.45, 7) is 1.31. The summed E-state index contributed by atoms with van der Waals surface area (Å²) in [6.07, 6.45) is 2.77. The van der Waals surface area contributed by atoms with Crippen LogP contribution in [0.25, 0.3) is 10.9 Å². The lowest BCUT2D eigenvalue weighted by Crippen LogP contribution is -2.60. The number of hydrogen-bond donors (Lipinski definition) is 7. The summed E-state index contributed by atoms with van der Waals surface area (Å²) >= 11 is 1.54. The van der Waals surface area contributed by atoms with Crippen molar-refractivity contribution in [1.29, 1.82) is 0 Å². The maximum Gasteiger partial charge on any atom is 0.326 e. The first-order chi connectivity index (χ1) is 19.6. The second-order valence-electron chi connectivity index (χ2n) is 9.83. The van der Waals surface area contributed by atoms with Crippen molar-refractivity contribution >= 4 is 46.4 Å². The molecule has 0 saturated carbocycles. The molecule has 41 heavy (non-hydrogen) atoms. The van der Waals surface area contributed by atoms with Gasteiger partial charge in [-0.2, -0.15) is 11.8 Å². The number of nitrogens with two attached hydrogens (primary N) is 1. The van der Waals surface area contributed by atoms with Gasteiger partial charge < -0.3 is 36.9 Å². The maximum atomic E-state index is 13.5. The van der Waals surface area contributed by atoms with Crippen molar-refractivity contribution in [2.24, 2.45) is 5.73 Å². The van der Waals surface area contributed by atoms with Crippen LogP contribution in [0, 0.1) is 0 Å². The molecular formula is C29H37N5O6S. The van der Waals surface area contributed by atoms with Crippen LogP contribution >= 0.6 is 11.8 Å². The Bertz CT molecular complexity index is 1330. The number of aliphatic hydroxyl groups excluding tert-OH is 1. The molecule has 0 spiro atoms. The lowest BCUT2D eigenvalue weighted by Gasteiger charge is -2.26. The third-order valence-corrected chi connectivity index (χ3v) is 7.31. The highest BCUT2D eigenvalue weighted by atomic mass is 32.2. The molecule has 5 unspecified atom stereocenters. The molecule has 0 aliphatic carbocycles. The van der Waals surface area contributed by atoms with Crippen molar-refractivity contribution in [2.45, 2.75) is 56.5 Å². The number of benzene rings is 2. The largest absolute Gasteiger partial charge is 0.480 e. The predicted molar refractivity (Wildman–Crippen MR) is 158 cm³/mol. The van der Waals surface area contributed by atoms with E-state index in [0.29, 0.717) is 17.7 Å². The van der Waals surface area contributed by atoms with Crippen LogP contribution in [0.4, 0.5) is 0 Å². The summed E-state index contributed by atoms with van der Waals surface area (Å²) in [5.74, 6) is -2.72. The van der Waals surface area contributed by atoms with Gasteiger partial charge in [0, 0.05) is 29.9 Å². The summed E-state index contributed by atoms with van der Waals surface area (Å²) in [7, 11) is 0. The maximum absolute atomic E-state index is 13.5. The number of carbonyl (C=O) groups excluding carboxylic acids is 3. The molecule has 0 fully saturated rings. The Hall–Kier alpha value is -3.87. The number of carbonyl (C=O) groups is 4. The van der Waals surface area contributed by atoms with Crippen LogP contribution in [0.2, 0.25) is 0 Å². The summed E-state index contributed by atoms with van der Waals surface area (Å²) < 4.78 is 0. The average Bonchev–Trinajstić information content (AvgIpc) is 3.36.